The number of nitrogens with zero attached hydrogens (tertiary/aromatic N) is 3. The summed E-state index contributed by atoms with van der Waals surface area (Å²) in [6.07, 6.45) is 4.12. The van der Waals surface area contributed by atoms with Crippen LogP contribution >= 0.6 is 22.9 Å². The summed E-state index contributed by atoms with van der Waals surface area (Å²) in [4.78, 5) is 32.9. The zero-order valence-electron chi connectivity index (χ0n) is 16.0. The maximum absolute atomic E-state index is 12.4. The van der Waals surface area contributed by atoms with Gasteiger partial charge in [0.2, 0.25) is 5.91 Å². The fraction of sp³-hybridized carbons (Fsp3) is 0.381. The molecule has 1 aliphatic heterocycles. The number of thiophene rings is 1. The zero-order chi connectivity index (χ0) is 20.2. The molecule has 1 fully saturated rings. The van der Waals surface area contributed by atoms with Gasteiger partial charge in [0, 0.05) is 36.1 Å². The summed E-state index contributed by atoms with van der Waals surface area (Å²) in [5.41, 5.74) is 1.21. The molecule has 0 aliphatic carbocycles. The van der Waals surface area contributed by atoms with Crippen LogP contribution in [0.4, 0.5) is 0 Å². The Balaban J connectivity index is 1.28. The Morgan fingerprint density at radius 2 is 2.10 bits per heavy atom. The lowest BCUT2D eigenvalue weighted by Crippen LogP contribution is -2.40. The van der Waals surface area contributed by atoms with Crippen molar-refractivity contribution in [3.8, 4) is 0 Å². The van der Waals surface area contributed by atoms with Crippen molar-refractivity contribution in [1.29, 1.82) is 0 Å². The van der Waals surface area contributed by atoms with Gasteiger partial charge < -0.3 is 5.32 Å². The molecule has 152 valence electrons. The highest BCUT2D eigenvalue weighted by Crippen LogP contribution is 2.19. The summed E-state index contributed by atoms with van der Waals surface area (Å²) in [6.45, 7) is 2.95. The lowest BCUT2D eigenvalue weighted by molar-refractivity contribution is -0.126. The molecular weight excluding hydrogens is 408 g/mol. The molecule has 0 bridgehead atoms. The molecule has 0 saturated carbocycles. The van der Waals surface area contributed by atoms with E-state index in [0.29, 0.717) is 23.8 Å². The number of hydrogen-bond acceptors (Lipinski definition) is 5. The highest BCUT2D eigenvalue weighted by atomic mass is 35.5. The van der Waals surface area contributed by atoms with Gasteiger partial charge in [-0.2, -0.15) is 0 Å². The third kappa shape index (κ3) is 5.04. The summed E-state index contributed by atoms with van der Waals surface area (Å²) < 4.78 is 1.46. The first-order chi connectivity index (χ1) is 14.1. The average Bonchev–Trinajstić information content (AvgIpc) is 3.23. The Morgan fingerprint density at radius 3 is 2.86 bits per heavy atom. The van der Waals surface area contributed by atoms with Crippen molar-refractivity contribution in [3.05, 3.63) is 67.9 Å². The minimum absolute atomic E-state index is 0.0620. The van der Waals surface area contributed by atoms with Gasteiger partial charge in [-0.25, -0.2) is 4.98 Å². The van der Waals surface area contributed by atoms with Gasteiger partial charge in [-0.05, 0) is 55.9 Å². The van der Waals surface area contributed by atoms with Gasteiger partial charge in [-0.1, -0.05) is 17.7 Å². The highest BCUT2D eigenvalue weighted by Gasteiger charge is 2.25. The van der Waals surface area contributed by atoms with Gasteiger partial charge in [-0.15, -0.1) is 11.3 Å². The smallest absolute Gasteiger partial charge is 0.258 e. The number of nitrogens with one attached hydrogen (secondary N) is 1. The fourth-order valence-corrected chi connectivity index (χ4v) is 4.57. The van der Waals surface area contributed by atoms with Crippen LogP contribution in [0.2, 0.25) is 5.02 Å². The Morgan fingerprint density at radius 1 is 1.28 bits per heavy atom. The van der Waals surface area contributed by atoms with Crippen molar-refractivity contribution in [2.45, 2.75) is 25.8 Å². The molecule has 0 unspecified atom stereocenters. The molecule has 1 N–H and O–H groups in total. The topological polar surface area (TPSA) is 66.7 Å². The van der Waals surface area contributed by atoms with Crippen LogP contribution in [0.1, 0.15) is 23.4 Å². The summed E-state index contributed by atoms with van der Waals surface area (Å²) in [7, 11) is 0. The van der Waals surface area contributed by atoms with Crippen LogP contribution in [0, 0.1) is 5.92 Å². The molecule has 29 heavy (non-hydrogen) atoms. The summed E-state index contributed by atoms with van der Waals surface area (Å²) in [6, 6.07) is 9.17. The van der Waals surface area contributed by atoms with Crippen LogP contribution in [0.15, 0.2) is 46.7 Å². The number of piperidine rings is 1. The highest BCUT2D eigenvalue weighted by molar-refractivity contribution is 7.09. The monoisotopic (exact) mass is 430 g/mol. The quantitative estimate of drug-likeness (QED) is 0.652. The number of aromatic nitrogens is 2. The van der Waals surface area contributed by atoms with Gasteiger partial charge in [0.25, 0.3) is 5.56 Å². The van der Waals surface area contributed by atoms with Crippen molar-refractivity contribution >= 4 is 34.5 Å². The van der Waals surface area contributed by atoms with E-state index in [1.54, 1.807) is 35.7 Å². The third-order valence-electron chi connectivity index (χ3n) is 5.27. The Bertz CT molecular complexity index is 1040. The minimum Gasteiger partial charge on any atom is -0.355 e. The molecule has 1 saturated heterocycles. The van der Waals surface area contributed by atoms with Gasteiger partial charge >= 0.3 is 0 Å². The Labute approximate surface area is 178 Å². The van der Waals surface area contributed by atoms with Crippen LogP contribution in [0.3, 0.4) is 0 Å². The van der Waals surface area contributed by atoms with Gasteiger partial charge in [0.1, 0.15) is 5.65 Å². The number of pyridine rings is 1. The fourth-order valence-electron chi connectivity index (χ4n) is 3.70. The summed E-state index contributed by atoms with van der Waals surface area (Å²) in [5, 5.41) is 5.63. The first-order valence-electron chi connectivity index (χ1n) is 9.79. The average molecular weight is 431 g/mol. The van der Waals surface area contributed by atoms with Gasteiger partial charge in [-0.3, -0.25) is 18.9 Å². The lowest BCUT2D eigenvalue weighted by atomic mass is 9.95. The van der Waals surface area contributed by atoms with E-state index in [9.17, 15) is 9.59 Å². The molecule has 3 aromatic heterocycles. The van der Waals surface area contributed by atoms with E-state index in [1.165, 1.54) is 9.28 Å². The van der Waals surface area contributed by atoms with Crippen LogP contribution in [0.25, 0.3) is 5.65 Å². The summed E-state index contributed by atoms with van der Waals surface area (Å²) >= 11 is 7.67. The largest absolute Gasteiger partial charge is 0.355 e. The first-order valence-corrected chi connectivity index (χ1v) is 11.0. The van der Waals surface area contributed by atoms with E-state index < -0.39 is 0 Å². The predicted octanol–water partition coefficient (Wildman–Crippen LogP) is 2.98. The molecule has 0 radical (unpaired) electrons. The van der Waals surface area contributed by atoms with Crippen LogP contribution in [0.5, 0.6) is 0 Å². The van der Waals surface area contributed by atoms with Gasteiger partial charge in [0.15, 0.2) is 0 Å². The SMILES string of the molecule is O=C(NCCc1cccs1)C1CCN(Cc2cc(=O)n3cc(Cl)ccc3n2)CC1. The molecule has 4 rings (SSSR count). The second kappa shape index (κ2) is 9.07. The molecule has 8 heteroatoms. The standard InChI is InChI=1S/C21H23ClN4O2S/c22-16-3-4-19-24-17(12-20(27)26(19)13-16)14-25-9-6-15(7-10-25)21(28)23-8-5-18-2-1-11-29-18/h1-4,11-13,15H,5-10,14H2,(H,23,28). The number of likely N-dealkylation sites (tertiary alicyclic amines) is 1. The van der Waals surface area contributed by atoms with E-state index in [-0.39, 0.29) is 17.4 Å². The predicted molar refractivity (Wildman–Crippen MR) is 116 cm³/mol. The maximum Gasteiger partial charge on any atom is 0.258 e. The molecule has 0 spiro atoms. The Hall–Kier alpha value is -2.22. The van der Waals surface area contributed by atoms with Crippen LogP contribution < -0.4 is 10.9 Å². The molecule has 1 amide bonds. The third-order valence-corrected chi connectivity index (χ3v) is 6.43. The van der Waals surface area contributed by atoms with E-state index in [4.69, 9.17) is 11.6 Å². The molecule has 3 aromatic rings. The number of rotatable bonds is 6. The van der Waals surface area contributed by atoms with Crippen molar-refractivity contribution in [2.24, 2.45) is 5.92 Å². The van der Waals surface area contributed by atoms with E-state index >= 15 is 0 Å². The van der Waals surface area contributed by atoms with E-state index in [0.717, 1.165) is 38.0 Å². The summed E-state index contributed by atoms with van der Waals surface area (Å²) in [5.74, 6) is 0.215. The molecule has 0 aromatic carbocycles. The van der Waals surface area contributed by atoms with Crippen molar-refractivity contribution in [2.75, 3.05) is 19.6 Å². The second-order valence-corrected chi connectivity index (χ2v) is 8.80. The second-order valence-electron chi connectivity index (χ2n) is 7.33. The number of hydrogen-bond donors (Lipinski definition) is 1. The van der Waals surface area contributed by atoms with Crippen molar-refractivity contribution in [3.63, 3.8) is 0 Å². The molecule has 4 heterocycles. The number of amides is 1. The number of carbonyl (C=O) groups excluding carboxylic acids is 1. The number of carbonyl (C=O) groups is 1. The minimum atomic E-state index is -0.132. The number of halogens is 1. The molecule has 6 nitrogen and oxygen atoms in total. The lowest BCUT2D eigenvalue weighted by Gasteiger charge is -2.31. The first kappa shape index (κ1) is 20.1. The molecule has 1 aliphatic rings. The van der Waals surface area contributed by atoms with Crippen LogP contribution in [-0.2, 0) is 17.8 Å². The van der Waals surface area contributed by atoms with E-state index in [1.807, 2.05) is 6.07 Å². The normalized spacial score (nSPS) is 15.6. The van der Waals surface area contributed by atoms with Crippen molar-refractivity contribution in [1.82, 2.24) is 19.6 Å². The Kier molecular flexibility index (Phi) is 6.28. The molecule has 0 atom stereocenters. The maximum atomic E-state index is 12.4. The van der Waals surface area contributed by atoms with E-state index in [2.05, 4.69) is 26.6 Å². The number of fused-ring (bicyclic) bond motifs is 1. The van der Waals surface area contributed by atoms with Gasteiger partial charge in [0.05, 0.1) is 10.7 Å². The molecular formula is C21H23ClN4O2S. The van der Waals surface area contributed by atoms with Crippen LogP contribution in [-0.4, -0.2) is 39.8 Å². The van der Waals surface area contributed by atoms with Crippen molar-refractivity contribution < 1.29 is 4.79 Å². The zero-order valence-corrected chi connectivity index (χ0v) is 17.6.